The molecule has 1 heterocycles. The summed E-state index contributed by atoms with van der Waals surface area (Å²) in [5, 5.41) is 2.58. The first-order valence-corrected chi connectivity index (χ1v) is 8.95. The van der Waals surface area contributed by atoms with Crippen molar-refractivity contribution >= 4 is 17.5 Å². The van der Waals surface area contributed by atoms with Crippen molar-refractivity contribution in [3.63, 3.8) is 0 Å². The summed E-state index contributed by atoms with van der Waals surface area (Å²) in [5.41, 5.74) is -0.0557. The fraction of sp³-hybridized carbons (Fsp3) is 0.143. The Balaban J connectivity index is 1.86. The van der Waals surface area contributed by atoms with Gasteiger partial charge in [-0.25, -0.2) is 4.39 Å². The molecule has 0 aliphatic heterocycles. The second kappa shape index (κ2) is 8.61. The molecule has 0 radical (unpaired) electrons. The van der Waals surface area contributed by atoms with E-state index in [0.717, 1.165) is 23.9 Å². The Labute approximate surface area is 169 Å². The van der Waals surface area contributed by atoms with E-state index in [-0.39, 0.29) is 17.1 Å². The van der Waals surface area contributed by atoms with Crippen molar-refractivity contribution in [2.24, 2.45) is 0 Å². The number of aromatic nitrogens is 1. The number of alkyl halides is 3. The number of pyridine rings is 1. The molecule has 1 N–H and O–H groups in total. The number of carbonyl (C=O) groups excluding carboxylic acids is 1. The van der Waals surface area contributed by atoms with Crippen molar-refractivity contribution in [1.29, 1.82) is 0 Å². The van der Waals surface area contributed by atoms with Crippen LogP contribution in [0.25, 0.3) is 0 Å². The predicted octanol–water partition coefficient (Wildman–Crippen LogP) is 5.45. The van der Waals surface area contributed by atoms with E-state index in [1.807, 2.05) is 0 Å². The average Bonchev–Trinajstić information content (AvgIpc) is 2.68. The highest BCUT2D eigenvalue weighted by molar-refractivity contribution is 6.33. The van der Waals surface area contributed by atoms with Gasteiger partial charge in [0.25, 0.3) is 5.91 Å². The Hall–Kier alpha value is -2.93. The molecular weight excluding hydrogens is 408 g/mol. The first-order chi connectivity index (χ1) is 13.8. The minimum atomic E-state index is -4.55. The molecule has 0 saturated carbocycles. The number of amides is 1. The van der Waals surface area contributed by atoms with E-state index in [0.29, 0.717) is 5.56 Å². The van der Waals surface area contributed by atoms with Gasteiger partial charge < -0.3 is 5.32 Å². The first kappa shape index (κ1) is 20.8. The number of halogens is 5. The van der Waals surface area contributed by atoms with Gasteiger partial charge in [-0.2, -0.15) is 13.2 Å². The molecule has 2 aromatic carbocycles. The lowest BCUT2D eigenvalue weighted by atomic mass is 9.92. The molecule has 29 heavy (non-hydrogen) atoms. The largest absolute Gasteiger partial charge is 0.433 e. The van der Waals surface area contributed by atoms with Crippen molar-refractivity contribution < 1.29 is 22.4 Å². The summed E-state index contributed by atoms with van der Waals surface area (Å²) in [6.45, 7) is 0.0144. The van der Waals surface area contributed by atoms with E-state index >= 15 is 0 Å². The number of hydrogen-bond donors (Lipinski definition) is 1. The van der Waals surface area contributed by atoms with Crippen molar-refractivity contribution in [3.05, 3.63) is 100 Å². The molecule has 1 aromatic heterocycles. The maximum Gasteiger partial charge on any atom is 0.433 e. The van der Waals surface area contributed by atoms with Crippen LogP contribution in [-0.4, -0.2) is 17.4 Å². The molecule has 0 spiro atoms. The second-order valence-corrected chi connectivity index (χ2v) is 6.65. The van der Waals surface area contributed by atoms with Gasteiger partial charge in [0.15, 0.2) is 0 Å². The topological polar surface area (TPSA) is 42.0 Å². The van der Waals surface area contributed by atoms with Crippen molar-refractivity contribution in [2.45, 2.75) is 12.1 Å². The molecule has 3 rings (SSSR count). The summed E-state index contributed by atoms with van der Waals surface area (Å²) >= 11 is 5.92. The zero-order valence-electron chi connectivity index (χ0n) is 14.9. The summed E-state index contributed by atoms with van der Waals surface area (Å²) in [6, 6.07) is 15.0. The zero-order valence-corrected chi connectivity index (χ0v) is 15.6. The number of benzene rings is 2. The van der Waals surface area contributed by atoms with Crippen LogP contribution in [0.4, 0.5) is 17.6 Å². The SMILES string of the molecule is O=C(NCC(c1ccccc1)c1ccc(C(F)(F)F)nc1)c1c(F)cccc1Cl. The Morgan fingerprint density at radius 3 is 2.31 bits per heavy atom. The van der Waals surface area contributed by atoms with Crippen LogP contribution < -0.4 is 5.32 Å². The third-order valence-corrected chi connectivity index (χ3v) is 4.65. The maximum atomic E-state index is 14.0. The molecule has 150 valence electrons. The summed E-state index contributed by atoms with van der Waals surface area (Å²) in [6.07, 6.45) is -3.42. The fourth-order valence-corrected chi connectivity index (χ4v) is 3.14. The highest BCUT2D eigenvalue weighted by Gasteiger charge is 2.32. The summed E-state index contributed by atoms with van der Waals surface area (Å²) < 4.78 is 52.3. The normalized spacial score (nSPS) is 12.4. The Morgan fingerprint density at radius 1 is 1.00 bits per heavy atom. The van der Waals surface area contributed by atoms with E-state index in [1.54, 1.807) is 30.3 Å². The lowest BCUT2D eigenvalue weighted by molar-refractivity contribution is -0.141. The molecule has 0 saturated heterocycles. The van der Waals surface area contributed by atoms with E-state index < -0.39 is 29.5 Å². The van der Waals surface area contributed by atoms with Gasteiger partial charge in [0.2, 0.25) is 0 Å². The minimum absolute atomic E-state index is 0.0144. The standard InChI is InChI=1S/C21H15ClF4N2O/c22-16-7-4-8-17(23)19(16)20(29)28-12-15(13-5-2-1-3-6-13)14-9-10-18(27-11-14)21(24,25)26/h1-11,15H,12H2,(H,28,29). The molecule has 1 unspecified atom stereocenters. The van der Waals surface area contributed by atoms with Gasteiger partial charge in [-0.3, -0.25) is 9.78 Å². The van der Waals surface area contributed by atoms with Gasteiger partial charge in [-0.15, -0.1) is 0 Å². The molecule has 0 aliphatic carbocycles. The van der Waals surface area contributed by atoms with Crippen LogP contribution >= 0.6 is 11.6 Å². The van der Waals surface area contributed by atoms with Crippen molar-refractivity contribution in [1.82, 2.24) is 10.3 Å². The molecule has 0 bridgehead atoms. The summed E-state index contributed by atoms with van der Waals surface area (Å²) in [7, 11) is 0. The third-order valence-electron chi connectivity index (χ3n) is 4.34. The molecule has 1 atom stereocenters. The number of nitrogens with one attached hydrogen (secondary N) is 1. The fourth-order valence-electron chi connectivity index (χ4n) is 2.89. The van der Waals surface area contributed by atoms with Crippen LogP contribution in [-0.2, 0) is 6.18 Å². The monoisotopic (exact) mass is 422 g/mol. The van der Waals surface area contributed by atoms with Gasteiger partial charge in [0.05, 0.1) is 10.6 Å². The van der Waals surface area contributed by atoms with Crippen LogP contribution in [0, 0.1) is 5.82 Å². The maximum absolute atomic E-state index is 14.0. The quantitative estimate of drug-likeness (QED) is 0.555. The second-order valence-electron chi connectivity index (χ2n) is 6.24. The number of rotatable bonds is 5. The number of carbonyl (C=O) groups is 1. The highest BCUT2D eigenvalue weighted by atomic mass is 35.5. The van der Waals surface area contributed by atoms with E-state index in [1.165, 1.54) is 18.2 Å². The van der Waals surface area contributed by atoms with Gasteiger partial charge in [-0.1, -0.05) is 54.1 Å². The summed E-state index contributed by atoms with van der Waals surface area (Å²) in [5.74, 6) is -1.96. The highest BCUT2D eigenvalue weighted by Crippen LogP contribution is 2.30. The third kappa shape index (κ3) is 4.92. The molecule has 0 fully saturated rings. The minimum Gasteiger partial charge on any atom is -0.351 e. The Morgan fingerprint density at radius 2 is 1.72 bits per heavy atom. The first-order valence-electron chi connectivity index (χ1n) is 8.57. The van der Waals surface area contributed by atoms with Crippen molar-refractivity contribution in [2.75, 3.05) is 6.54 Å². The van der Waals surface area contributed by atoms with Gasteiger partial charge >= 0.3 is 6.18 Å². The van der Waals surface area contributed by atoms with Gasteiger partial charge in [0.1, 0.15) is 11.5 Å². The molecule has 3 aromatic rings. The lowest BCUT2D eigenvalue weighted by Crippen LogP contribution is -2.30. The molecular formula is C21H15ClF4N2O. The number of hydrogen-bond acceptors (Lipinski definition) is 2. The Kier molecular flexibility index (Phi) is 6.17. The molecule has 1 amide bonds. The average molecular weight is 423 g/mol. The lowest BCUT2D eigenvalue weighted by Gasteiger charge is -2.19. The van der Waals surface area contributed by atoms with Crippen LogP contribution in [0.1, 0.15) is 33.1 Å². The summed E-state index contributed by atoms with van der Waals surface area (Å²) in [4.78, 5) is 15.9. The molecule has 3 nitrogen and oxygen atoms in total. The predicted molar refractivity (Wildman–Crippen MR) is 101 cm³/mol. The van der Waals surface area contributed by atoms with E-state index in [9.17, 15) is 22.4 Å². The van der Waals surface area contributed by atoms with Crippen LogP contribution in [0.5, 0.6) is 0 Å². The zero-order chi connectivity index (χ0) is 21.0. The van der Waals surface area contributed by atoms with Gasteiger partial charge in [-0.05, 0) is 29.3 Å². The van der Waals surface area contributed by atoms with E-state index in [2.05, 4.69) is 10.3 Å². The van der Waals surface area contributed by atoms with Crippen LogP contribution in [0.2, 0.25) is 5.02 Å². The van der Waals surface area contributed by atoms with E-state index in [4.69, 9.17) is 11.6 Å². The smallest absolute Gasteiger partial charge is 0.351 e. The van der Waals surface area contributed by atoms with Crippen LogP contribution in [0.3, 0.4) is 0 Å². The Bertz CT molecular complexity index is 972. The van der Waals surface area contributed by atoms with Crippen molar-refractivity contribution in [3.8, 4) is 0 Å². The van der Waals surface area contributed by atoms with Crippen LogP contribution in [0.15, 0.2) is 66.9 Å². The molecule has 8 heteroatoms. The number of nitrogens with zero attached hydrogens (tertiary/aromatic N) is 1. The van der Waals surface area contributed by atoms with Gasteiger partial charge in [0, 0.05) is 18.7 Å². The molecule has 0 aliphatic rings.